The third-order valence-corrected chi connectivity index (χ3v) is 5.40. The fourth-order valence-corrected chi connectivity index (χ4v) is 3.90. The smallest absolute Gasteiger partial charge is 0.319 e. The van der Waals surface area contributed by atoms with Gasteiger partial charge in [0.05, 0.1) is 0 Å². The minimum atomic E-state index is -0.615. The number of aromatic amines is 1. The van der Waals surface area contributed by atoms with Crippen molar-refractivity contribution in [2.24, 2.45) is 0 Å². The van der Waals surface area contributed by atoms with Crippen molar-refractivity contribution >= 4 is 28.5 Å². The molecule has 0 saturated carbocycles. The number of nitrogens with zero attached hydrogens (tertiary/aromatic N) is 1. The van der Waals surface area contributed by atoms with Crippen molar-refractivity contribution in [1.29, 1.82) is 0 Å². The van der Waals surface area contributed by atoms with E-state index in [1.54, 1.807) is 0 Å². The van der Waals surface area contributed by atoms with E-state index in [1.807, 2.05) is 65.7 Å². The molecule has 2 aromatic carbocycles. The molecule has 29 heavy (non-hydrogen) atoms. The van der Waals surface area contributed by atoms with Crippen molar-refractivity contribution in [3.8, 4) is 0 Å². The molecule has 1 aliphatic rings. The molecular formula is C23H26N4O2. The zero-order valence-electron chi connectivity index (χ0n) is 16.4. The van der Waals surface area contributed by atoms with Crippen LogP contribution in [0, 0.1) is 0 Å². The van der Waals surface area contributed by atoms with Gasteiger partial charge in [0.2, 0.25) is 5.91 Å². The highest BCUT2D eigenvalue weighted by Gasteiger charge is 2.28. The summed E-state index contributed by atoms with van der Waals surface area (Å²) in [6, 6.07) is 16.3. The van der Waals surface area contributed by atoms with Crippen LogP contribution in [0.4, 0.5) is 10.5 Å². The van der Waals surface area contributed by atoms with Crippen LogP contribution in [-0.4, -0.2) is 41.0 Å². The molecule has 3 aromatic rings. The van der Waals surface area contributed by atoms with Gasteiger partial charge in [0, 0.05) is 42.3 Å². The van der Waals surface area contributed by atoms with Gasteiger partial charge in [-0.1, -0.05) is 36.4 Å². The molecule has 0 bridgehead atoms. The molecule has 1 saturated heterocycles. The van der Waals surface area contributed by atoms with E-state index in [2.05, 4.69) is 15.6 Å². The van der Waals surface area contributed by atoms with Crippen LogP contribution in [0.15, 0.2) is 60.8 Å². The van der Waals surface area contributed by atoms with Gasteiger partial charge in [-0.25, -0.2) is 4.79 Å². The molecule has 1 atom stereocenters. The van der Waals surface area contributed by atoms with Crippen LogP contribution < -0.4 is 10.6 Å². The second kappa shape index (κ2) is 8.82. The Hall–Kier alpha value is -3.28. The number of carbonyl (C=O) groups excluding carboxylic acids is 2. The van der Waals surface area contributed by atoms with Gasteiger partial charge < -0.3 is 20.5 Å². The zero-order chi connectivity index (χ0) is 20.1. The number of fused-ring (bicyclic) bond motifs is 1. The van der Waals surface area contributed by atoms with Crippen LogP contribution in [-0.2, 0) is 11.2 Å². The summed E-state index contributed by atoms with van der Waals surface area (Å²) in [5.74, 6) is -0.0156. The number of amides is 3. The van der Waals surface area contributed by atoms with E-state index in [-0.39, 0.29) is 11.9 Å². The van der Waals surface area contributed by atoms with Crippen LogP contribution in [0.2, 0.25) is 0 Å². The Morgan fingerprint density at radius 1 is 0.966 bits per heavy atom. The fraction of sp³-hybridized carbons (Fsp3) is 0.304. The summed E-state index contributed by atoms with van der Waals surface area (Å²) >= 11 is 0. The number of hydrogen-bond acceptors (Lipinski definition) is 2. The Kier molecular flexibility index (Phi) is 5.79. The molecule has 6 heteroatoms. The lowest BCUT2D eigenvalue weighted by Gasteiger charge is -2.30. The summed E-state index contributed by atoms with van der Waals surface area (Å²) < 4.78 is 0. The van der Waals surface area contributed by atoms with E-state index in [9.17, 15) is 9.59 Å². The Balaban J connectivity index is 1.53. The number of anilines is 1. The standard InChI is InChI=1S/C23H26N4O2/c28-22(27-13-7-2-8-14-27)21(26-23(29)25-18-9-3-1-4-10-18)15-17-16-24-20-12-6-5-11-19(17)20/h1,3-6,9-12,16,21,24H,2,7-8,13-15H2,(H2,25,26,29)/t21-/m0/s1. The average Bonchev–Trinajstić information content (AvgIpc) is 3.17. The van der Waals surface area contributed by atoms with Crippen LogP contribution in [0.25, 0.3) is 10.9 Å². The molecule has 150 valence electrons. The van der Waals surface area contributed by atoms with E-state index in [0.717, 1.165) is 48.8 Å². The maximum absolute atomic E-state index is 13.2. The molecule has 0 radical (unpaired) electrons. The van der Waals surface area contributed by atoms with Gasteiger partial charge in [-0.05, 0) is 43.0 Å². The van der Waals surface area contributed by atoms with Gasteiger partial charge in [0.25, 0.3) is 0 Å². The molecule has 0 aliphatic carbocycles. The topological polar surface area (TPSA) is 77.2 Å². The lowest BCUT2D eigenvalue weighted by atomic mass is 10.0. The summed E-state index contributed by atoms with van der Waals surface area (Å²) in [4.78, 5) is 31.0. The number of likely N-dealkylation sites (tertiary alicyclic amines) is 1. The van der Waals surface area contributed by atoms with E-state index in [1.165, 1.54) is 0 Å². The Morgan fingerprint density at radius 3 is 2.48 bits per heavy atom. The van der Waals surface area contributed by atoms with Gasteiger partial charge in [0.15, 0.2) is 0 Å². The van der Waals surface area contributed by atoms with Crippen LogP contribution >= 0.6 is 0 Å². The van der Waals surface area contributed by atoms with E-state index in [0.29, 0.717) is 12.1 Å². The first-order valence-corrected chi connectivity index (χ1v) is 10.2. The Bertz CT molecular complexity index is 977. The first-order valence-electron chi connectivity index (χ1n) is 10.2. The minimum absolute atomic E-state index is 0.0156. The number of piperidine rings is 1. The lowest BCUT2D eigenvalue weighted by molar-refractivity contribution is -0.134. The van der Waals surface area contributed by atoms with E-state index in [4.69, 9.17) is 0 Å². The summed E-state index contributed by atoms with van der Waals surface area (Å²) in [6.45, 7) is 1.51. The minimum Gasteiger partial charge on any atom is -0.361 e. The van der Waals surface area contributed by atoms with Crippen molar-refractivity contribution < 1.29 is 9.59 Å². The summed E-state index contributed by atoms with van der Waals surface area (Å²) in [5, 5.41) is 6.81. The van der Waals surface area contributed by atoms with Gasteiger partial charge in [-0.2, -0.15) is 0 Å². The molecule has 1 aliphatic heterocycles. The highest BCUT2D eigenvalue weighted by Crippen LogP contribution is 2.20. The third-order valence-electron chi connectivity index (χ3n) is 5.40. The van der Waals surface area contributed by atoms with Crippen molar-refractivity contribution in [2.75, 3.05) is 18.4 Å². The zero-order valence-corrected chi connectivity index (χ0v) is 16.4. The number of aromatic nitrogens is 1. The lowest BCUT2D eigenvalue weighted by Crippen LogP contribution is -2.52. The third kappa shape index (κ3) is 4.59. The number of benzene rings is 2. The highest BCUT2D eigenvalue weighted by molar-refractivity contribution is 5.94. The van der Waals surface area contributed by atoms with Crippen molar-refractivity contribution in [2.45, 2.75) is 31.7 Å². The summed E-state index contributed by atoms with van der Waals surface area (Å²) in [6.07, 6.45) is 5.56. The predicted molar refractivity (Wildman–Crippen MR) is 115 cm³/mol. The summed E-state index contributed by atoms with van der Waals surface area (Å²) in [5.41, 5.74) is 2.75. The molecule has 2 heterocycles. The van der Waals surface area contributed by atoms with Crippen LogP contribution in [0.5, 0.6) is 0 Å². The molecular weight excluding hydrogens is 364 g/mol. The first-order chi connectivity index (χ1) is 14.2. The number of hydrogen-bond donors (Lipinski definition) is 3. The quantitative estimate of drug-likeness (QED) is 0.618. The largest absolute Gasteiger partial charge is 0.361 e. The second-order valence-corrected chi connectivity index (χ2v) is 7.47. The molecule has 1 aromatic heterocycles. The molecule has 6 nitrogen and oxygen atoms in total. The van der Waals surface area contributed by atoms with E-state index >= 15 is 0 Å². The van der Waals surface area contributed by atoms with Gasteiger partial charge >= 0.3 is 6.03 Å². The number of H-pyrrole nitrogens is 1. The molecule has 3 amide bonds. The molecule has 4 rings (SSSR count). The summed E-state index contributed by atoms with van der Waals surface area (Å²) in [7, 11) is 0. The number of carbonyl (C=O) groups is 2. The maximum atomic E-state index is 13.2. The Morgan fingerprint density at radius 2 is 1.69 bits per heavy atom. The number of nitrogens with one attached hydrogen (secondary N) is 3. The van der Waals surface area contributed by atoms with Gasteiger partial charge in [0.1, 0.15) is 6.04 Å². The van der Waals surface area contributed by atoms with Crippen molar-refractivity contribution in [3.05, 3.63) is 66.4 Å². The maximum Gasteiger partial charge on any atom is 0.319 e. The average molecular weight is 390 g/mol. The fourth-order valence-electron chi connectivity index (χ4n) is 3.90. The highest BCUT2D eigenvalue weighted by atomic mass is 16.2. The Labute approximate surface area is 170 Å². The normalized spacial score (nSPS) is 15.1. The number of rotatable bonds is 5. The number of para-hydroxylation sites is 2. The molecule has 0 spiro atoms. The van der Waals surface area contributed by atoms with Crippen LogP contribution in [0.3, 0.4) is 0 Å². The monoisotopic (exact) mass is 390 g/mol. The predicted octanol–water partition coefficient (Wildman–Crippen LogP) is 3.91. The van der Waals surface area contributed by atoms with Crippen molar-refractivity contribution in [1.82, 2.24) is 15.2 Å². The first kappa shape index (κ1) is 19.1. The SMILES string of the molecule is O=C(Nc1ccccc1)N[C@@H](Cc1c[nH]c2ccccc12)C(=O)N1CCCCC1. The molecule has 3 N–H and O–H groups in total. The molecule has 0 unspecified atom stereocenters. The number of urea groups is 1. The van der Waals surface area contributed by atoms with E-state index < -0.39 is 6.04 Å². The van der Waals surface area contributed by atoms with Crippen LogP contribution in [0.1, 0.15) is 24.8 Å². The second-order valence-electron chi connectivity index (χ2n) is 7.47. The van der Waals surface area contributed by atoms with Gasteiger partial charge in [-0.3, -0.25) is 4.79 Å². The molecule has 1 fully saturated rings. The van der Waals surface area contributed by atoms with Gasteiger partial charge in [-0.15, -0.1) is 0 Å². The van der Waals surface area contributed by atoms with Crippen molar-refractivity contribution in [3.63, 3.8) is 0 Å².